The molecule has 5 heteroatoms. The molecule has 0 radical (unpaired) electrons. The number of nitrogens with zero attached hydrogens (tertiary/aromatic N) is 3. The number of rotatable bonds is 5. The first-order chi connectivity index (χ1) is 9.31. The van der Waals surface area contributed by atoms with E-state index in [4.69, 9.17) is 0 Å². The summed E-state index contributed by atoms with van der Waals surface area (Å²) in [6, 6.07) is 1.73. The molecule has 2 heterocycles. The Labute approximate surface area is 114 Å². The molecule has 1 atom stereocenters. The summed E-state index contributed by atoms with van der Waals surface area (Å²) in [5, 5.41) is 10.9. The number of hydrogen-bond acceptors (Lipinski definition) is 4. The van der Waals surface area contributed by atoms with Crippen LogP contribution in [0, 0.1) is 5.92 Å². The van der Waals surface area contributed by atoms with Gasteiger partial charge >= 0.3 is 0 Å². The highest BCUT2D eigenvalue weighted by atomic mass is 16.2. The van der Waals surface area contributed by atoms with Crippen molar-refractivity contribution in [3.05, 3.63) is 24.0 Å². The molecule has 1 aliphatic rings. The quantitative estimate of drug-likeness (QED) is 0.869. The van der Waals surface area contributed by atoms with Gasteiger partial charge in [0.15, 0.2) is 0 Å². The molecule has 2 rings (SSSR count). The number of amides is 1. The first-order valence-electron chi connectivity index (χ1n) is 7.08. The molecule has 0 aliphatic carbocycles. The van der Waals surface area contributed by atoms with Crippen LogP contribution in [0.4, 0.5) is 0 Å². The van der Waals surface area contributed by atoms with Crippen LogP contribution >= 0.6 is 0 Å². The molecular weight excluding hydrogens is 240 g/mol. The molecule has 1 saturated heterocycles. The van der Waals surface area contributed by atoms with Crippen LogP contribution in [0.1, 0.15) is 36.5 Å². The summed E-state index contributed by atoms with van der Waals surface area (Å²) < 4.78 is 0. The Morgan fingerprint density at radius 2 is 2.42 bits per heavy atom. The first-order valence-corrected chi connectivity index (χ1v) is 7.08. The van der Waals surface area contributed by atoms with Crippen LogP contribution in [0.15, 0.2) is 18.5 Å². The van der Waals surface area contributed by atoms with E-state index in [-0.39, 0.29) is 5.91 Å². The summed E-state index contributed by atoms with van der Waals surface area (Å²) in [4.78, 5) is 14.4. The van der Waals surface area contributed by atoms with E-state index < -0.39 is 0 Å². The second kappa shape index (κ2) is 7.19. The van der Waals surface area contributed by atoms with Gasteiger partial charge in [0.1, 0.15) is 0 Å². The van der Waals surface area contributed by atoms with E-state index in [0.717, 1.165) is 32.6 Å². The van der Waals surface area contributed by atoms with E-state index in [1.54, 1.807) is 18.5 Å². The number of carbonyl (C=O) groups excluding carboxylic acids is 1. The van der Waals surface area contributed by atoms with Crippen molar-refractivity contribution in [3.8, 4) is 0 Å². The van der Waals surface area contributed by atoms with Crippen molar-refractivity contribution in [2.24, 2.45) is 5.92 Å². The lowest BCUT2D eigenvalue weighted by molar-refractivity contribution is 0.0718. The lowest BCUT2D eigenvalue weighted by Gasteiger charge is -2.30. The minimum absolute atomic E-state index is 0.0716. The van der Waals surface area contributed by atoms with Gasteiger partial charge in [0.05, 0.1) is 18.0 Å². The molecular formula is C14H22N4O. The van der Waals surface area contributed by atoms with Gasteiger partial charge in [-0.2, -0.15) is 10.2 Å². The van der Waals surface area contributed by atoms with Gasteiger partial charge in [0.25, 0.3) is 5.91 Å². The summed E-state index contributed by atoms with van der Waals surface area (Å²) in [6.45, 7) is 5.86. The number of aromatic nitrogens is 2. The summed E-state index contributed by atoms with van der Waals surface area (Å²) >= 11 is 0. The standard InChI is InChI=1S/C14H22N4O/c1-2-8-18(11-12-4-3-6-15-9-12)14(19)13-5-7-16-17-10-13/h5,7,10,12,15H,2-4,6,8-9,11H2,1H3. The normalized spacial score (nSPS) is 19.1. The molecule has 1 aromatic heterocycles. The van der Waals surface area contributed by atoms with Gasteiger partial charge in [0, 0.05) is 13.1 Å². The van der Waals surface area contributed by atoms with E-state index in [9.17, 15) is 4.79 Å². The molecule has 0 bridgehead atoms. The number of hydrogen-bond donors (Lipinski definition) is 1. The highest BCUT2D eigenvalue weighted by Crippen LogP contribution is 2.14. The fourth-order valence-corrected chi connectivity index (χ4v) is 2.54. The molecule has 1 unspecified atom stereocenters. The van der Waals surface area contributed by atoms with Crippen LogP contribution in [-0.4, -0.2) is 47.2 Å². The van der Waals surface area contributed by atoms with Gasteiger partial charge in [-0.1, -0.05) is 6.92 Å². The van der Waals surface area contributed by atoms with Crippen molar-refractivity contribution in [3.63, 3.8) is 0 Å². The van der Waals surface area contributed by atoms with E-state index in [2.05, 4.69) is 22.4 Å². The molecule has 1 amide bonds. The van der Waals surface area contributed by atoms with Crippen molar-refractivity contribution >= 4 is 5.91 Å². The molecule has 0 aromatic carbocycles. The van der Waals surface area contributed by atoms with Crippen molar-refractivity contribution in [2.45, 2.75) is 26.2 Å². The predicted molar refractivity (Wildman–Crippen MR) is 73.8 cm³/mol. The van der Waals surface area contributed by atoms with Gasteiger partial charge in [-0.05, 0) is 44.3 Å². The minimum Gasteiger partial charge on any atom is -0.338 e. The molecule has 0 spiro atoms. The van der Waals surface area contributed by atoms with Crippen LogP contribution in [0.5, 0.6) is 0 Å². The minimum atomic E-state index is 0.0716. The average Bonchev–Trinajstić information content (AvgIpc) is 2.48. The fraction of sp³-hybridized carbons (Fsp3) is 0.643. The van der Waals surface area contributed by atoms with Crippen molar-refractivity contribution in [1.82, 2.24) is 20.4 Å². The van der Waals surface area contributed by atoms with Crippen molar-refractivity contribution in [1.29, 1.82) is 0 Å². The summed E-state index contributed by atoms with van der Waals surface area (Å²) in [6.07, 6.45) is 6.50. The monoisotopic (exact) mass is 262 g/mol. The highest BCUT2D eigenvalue weighted by molar-refractivity contribution is 5.93. The van der Waals surface area contributed by atoms with Crippen molar-refractivity contribution in [2.75, 3.05) is 26.2 Å². The van der Waals surface area contributed by atoms with Gasteiger partial charge in [-0.25, -0.2) is 0 Å². The van der Waals surface area contributed by atoms with Gasteiger partial charge < -0.3 is 10.2 Å². The number of nitrogens with one attached hydrogen (secondary N) is 1. The molecule has 104 valence electrons. The van der Waals surface area contributed by atoms with Gasteiger partial charge in [0.2, 0.25) is 0 Å². The maximum atomic E-state index is 12.4. The van der Waals surface area contributed by atoms with E-state index in [1.165, 1.54) is 12.8 Å². The molecule has 1 aromatic rings. The fourth-order valence-electron chi connectivity index (χ4n) is 2.54. The third kappa shape index (κ3) is 3.99. The molecule has 19 heavy (non-hydrogen) atoms. The Balaban J connectivity index is 2.00. The van der Waals surface area contributed by atoms with Crippen LogP contribution in [0.25, 0.3) is 0 Å². The second-order valence-corrected chi connectivity index (χ2v) is 5.09. The molecule has 1 N–H and O–H groups in total. The average molecular weight is 262 g/mol. The van der Waals surface area contributed by atoms with E-state index in [1.807, 2.05) is 4.90 Å². The molecule has 0 saturated carbocycles. The maximum absolute atomic E-state index is 12.4. The number of piperidine rings is 1. The Hall–Kier alpha value is -1.49. The lowest BCUT2D eigenvalue weighted by Crippen LogP contribution is -2.41. The highest BCUT2D eigenvalue weighted by Gasteiger charge is 2.21. The zero-order valence-electron chi connectivity index (χ0n) is 11.5. The van der Waals surface area contributed by atoms with E-state index in [0.29, 0.717) is 11.5 Å². The summed E-state index contributed by atoms with van der Waals surface area (Å²) in [7, 11) is 0. The summed E-state index contributed by atoms with van der Waals surface area (Å²) in [5.74, 6) is 0.640. The third-order valence-corrected chi connectivity index (χ3v) is 3.49. The first kappa shape index (κ1) is 13.9. The Bertz CT molecular complexity index is 390. The van der Waals surface area contributed by atoms with Crippen LogP contribution in [0.2, 0.25) is 0 Å². The Morgan fingerprint density at radius 1 is 1.53 bits per heavy atom. The maximum Gasteiger partial charge on any atom is 0.255 e. The molecule has 1 fully saturated rings. The van der Waals surface area contributed by atoms with Crippen molar-refractivity contribution < 1.29 is 4.79 Å². The lowest BCUT2D eigenvalue weighted by atomic mass is 9.98. The van der Waals surface area contributed by atoms with Crippen LogP contribution < -0.4 is 5.32 Å². The zero-order chi connectivity index (χ0) is 13.5. The topological polar surface area (TPSA) is 58.1 Å². The third-order valence-electron chi connectivity index (χ3n) is 3.49. The Morgan fingerprint density at radius 3 is 3.05 bits per heavy atom. The van der Waals surface area contributed by atoms with Gasteiger partial charge in [-0.3, -0.25) is 4.79 Å². The SMILES string of the molecule is CCCN(CC1CCCNC1)C(=O)c1ccnnc1. The smallest absolute Gasteiger partial charge is 0.255 e. The van der Waals surface area contributed by atoms with Crippen LogP contribution in [-0.2, 0) is 0 Å². The van der Waals surface area contributed by atoms with Crippen LogP contribution in [0.3, 0.4) is 0 Å². The Kier molecular flexibility index (Phi) is 5.27. The molecule has 1 aliphatic heterocycles. The molecule has 5 nitrogen and oxygen atoms in total. The summed E-state index contributed by atoms with van der Waals surface area (Å²) in [5.41, 5.74) is 0.632. The zero-order valence-corrected chi connectivity index (χ0v) is 11.5. The largest absolute Gasteiger partial charge is 0.338 e. The van der Waals surface area contributed by atoms with E-state index >= 15 is 0 Å². The predicted octanol–water partition coefficient (Wildman–Crippen LogP) is 1.33. The van der Waals surface area contributed by atoms with Gasteiger partial charge in [-0.15, -0.1) is 0 Å². The number of carbonyl (C=O) groups is 1. The second-order valence-electron chi connectivity index (χ2n) is 5.09.